The van der Waals surface area contributed by atoms with Crippen LogP contribution >= 0.6 is 0 Å². The van der Waals surface area contributed by atoms with E-state index in [0.29, 0.717) is 36.4 Å². The van der Waals surface area contributed by atoms with Crippen LogP contribution in [0.1, 0.15) is 6.42 Å². The van der Waals surface area contributed by atoms with Crippen LogP contribution in [-0.2, 0) is 0 Å². The summed E-state index contributed by atoms with van der Waals surface area (Å²) in [6, 6.07) is 7.48. The number of nitrogens with two attached hydrogens (primary N) is 1. The standard InChI is InChI=1S/C18H22FN5O2/c1-23(2)13-6-8-24(11-13)18(25)22-17-10-14(5-7-21-17)26-16-4-3-12(20)9-15(16)19/h3-5,7,9-10,13H,6,8,11,20H2,1-2H3,(H,21,22,25)/t13-/m1/s1. The van der Waals surface area contributed by atoms with Gasteiger partial charge in [0.25, 0.3) is 0 Å². The van der Waals surface area contributed by atoms with Gasteiger partial charge in [0.2, 0.25) is 0 Å². The first kappa shape index (κ1) is 17.9. The number of urea groups is 1. The summed E-state index contributed by atoms with van der Waals surface area (Å²) >= 11 is 0. The van der Waals surface area contributed by atoms with E-state index in [4.69, 9.17) is 10.5 Å². The van der Waals surface area contributed by atoms with Crippen molar-refractivity contribution >= 4 is 17.5 Å². The molecule has 1 fully saturated rings. The van der Waals surface area contributed by atoms with Gasteiger partial charge < -0.3 is 20.3 Å². The molecule has 0 aliphatic carbocycles. The molecule has 0 saturated carbocycles. The minimum atomic E-state index is -0.556. The zero-order valence-corrected chi connectivity index (χ0v) is 14.8. The number of hydrogen-bond acceptors (Lipinski definition) is 5. The van der Waals surface area contributed by atoms with E-state index in [0.717, 1.165) is 6.42 Å². The Labute approximate surface area is 151 Å². The van der Waals surface area contributed by atoms with Gasteiger partial charge in [-0.05, 0) is 38.7 Å². The Hall–Kier alpha value is -2.87. The quantitative estimate of drug-likeness (QED) is 0.820. The zero-order chi connectivity index (χ0) is 18.7. The highest BCUT2D eigenvalue weighted by Gasteiger charge is 2.27. The van der Waals surface area contributed by atoms with Crippen molar-refractivity contribution in [1.82, 2.24) is 14.8 Å². The molecular formula is C18H22FN5O2. The van der Waals surface area contributed by atoms with Crippen LogP contribution in [0.2, 0.25) is 0 Å². The molecule has 7 nitrogen and oxygen atoms in total. The molecule has 3 N–H and O–H groups in total. The van der Waals surface area contributed by atoms with Gasteiger partial charge in [0.15, 0.2) is 11.6 Å². The topological polar surface area (TPSA) is 83.7 Å². The number of carbonyl (C=O) groups is 1. The number of aromatic nitrogens is 1. The first-order valence-electron chi connectivity index (χ1n) is 8.33. The number of ether oxygens (including phenoxy) is 1. The normalized spacial score (nSPS) is 16.8. The molecule has 0 bridgehead atoms. The summed E-state index contributed by atoms with van der Waals surface area (Å²) in [7, 11) is 4.01. The molecule has 1 aromatic carbocycles. The van der Waals surface area contributed by atoms with Gasteiger partial charge in [0, 0.05) is 43.1 Å². The molecular weight excluding hydrogens is 337 g/mol. The maximum atomic E-state index is 13.9. The van der Waals surface area contributed by atoms with Gasteiger partial charge in [-0.15, -0.1) is 0 Å². The van der Waals surface area contributed by atoms with E-state index >= 15 is 0 Å². The molecule has 1 saturated heterocycles. The third-order valence-electron chi connectivity index (χ3n) is 4.33. The third kappa shape index (κ3) is 4.20. The number of likely N-dealkylation sites (tertiary alicyclic amines) is 1. The smallest absolute Gasteiger partial charge is 0.323 e. The second kappa shape index (κ2) is 7.57. The Balaban J connectivity index is 1.65. The average molecular weight is 359 g/mol. The predicted molar refractivity (Wildman–Crippen MR) is 97.8 cm³/mol. The maximum Gasteiger partial charge on any atom is 0.323 e. The van der Waals surface area contributed by atoms with Crippen molar-refractivity contribution in [2.75, 3.05) is 38.2 Å². The van der Waals surface area contributed by atoms with E-state index in [1.807, 2.05) is 14.1 Å². The molecule has 0 spiro atoms. The highest BCUT2D eigenvalue weighted by atomic mass is 19.1. The lowest BCUT2D eigenvalue weighted by atomic mass is 10.2. The molecule has 26 heavy (non-hydrogen) atoms. The molecule has 138 valence electrons. The van der Waals surface area contributed by atoms with E-state index < -0.39 is 5.82 Å². The average Bonchev–Trinajstić information content (AvgIpc) is 3.08. The number of pyridine rings is 1. The summed E-state index contributed by atoms with van der Waals surface area (Å²) in [6.07, 6.45) is 2.43. The molecule has 2 heterocycles. The SMILES string of the molecule is CN(C)[C@@H]1CCN(C(=O)Nc2cc(Oc3ccc(N)cc3F)ccn2)C1. The highest BCUT2D eigenvalue weighted by molar-refractivity contribution is 5.88. The fourth-order valence-electron chi connectivity index (χ4n) is 2.81. The van der Waals surface area contributed by atoms with Crippen LogP contribution in [-0.4, -0.2) is 54.0 Å². The van der Waals surface area contributed by atoms with Gasteiger partial charge in [0.05, 0.1) is 0 Å². The third-order valence-corrected chi connectivity index (χ3v) is 4.33. The van der Waals surface area contributed by atoms with Crippen LogP contribution in [0.25, 0.3) is 0 Å². The Morgan fingerprint density at radius 1 is 1.38 bits per heavy atom. The molecule has 2 amide bonds. The molecule has 8 heteroatoms. The van der Waals surface area contributed by atoms with Crippen LogP contribution < -0.4 is 15.8 Å². The van der Waals surface area contributed by atoms with E-state index in [9.17, 15) is 9.18 Å². The number of anilines is 2. The van der Waals surface area contributed by atoms with Crippen molar-refractivity contribution in [3.05, 3.63) is 42.3 Å². The number of nitrogen functional groups attached to an aromatic ring is 1. The van der Waals surface area contributed by atoms with Gasteiger partial charge in [-0.2, -0.15) is 0 Å². The Morgan fingerprint density at radius 3 is 2.88 bits per heavy atom. The van der Waals surface area contributed by atoms with Crippen molar-refractivity contribution in [3.8, 4) is 11.5 Å². The Bertz CT molecular complexity index is 799. The van der Waals surface area contributed by atoms with Gasteiger partial charge in [-0.3, -0.25) is 5.32 Å². The maximum absolute atomic E-state index is 13.9. The lowest BCUT2D eigenvalue weighted by Gasteiger charge is -2.20. The highest BCUT2D eigenvalue weighted by Crippen LogP contribution is 2.27. The number of amides is 2. The number of nitrogens with one attached hydrogen (secondary N) is 1. The van der Waals surface area contributed by atoms with E-state index in [2.05, 4.69) is 15.2 Å². The van der Waals surface area contributed by atoms with Crippen LogP contribution in [0, 0.1) is 5.82 Å². The van der Waals surface area contributed by atoms with E-state index in [1.54, 1.807) is 23.1 Å². The number of nitrogens with zero attached hydrogens (tertiary/aromatic N) is 3. The van der Waals surface area contributed by atoms with Crippen LogP contribution in [0.4, 0.5) is 20.7 Å². The number of carbonyl (C=O) groups excluding carboxylic acids is 1. The van der Waals surface area contributed by atoms with Crippen LogP contribution in [0.15, 0.2) is 36.5 Å². The zero-order valence-electron chi connectivity index (χ0n) is 14.8. The van der Waals surface area contributed by atoms with Crippen molar-refractivity contribution in [3.63, 3.8) is 0 Å². The first-order chi connectivity index (χ1) is 12.4. The van der Waals surface area contributed by atoms with Gasteiger partial charge in [-0.1, -0.05) is 0 Å². The summed E-state index contributed by atoms with van der Waals surface area (Å²) in [5, 5.41) is 2.76. The Morgan fingerprint density at radius 2 is 2.19 bits per heavy atom. The number of halogens is 1. The van der Waals surface area contributed by atoms with Gasteiger partial charge in [0.1, 0.15) is 11.6 Å². The molecule has 2 aromatic rings. The largest absolute Gasteiger partial charge is 0.454 e. The van der Waals surface area contributed by atoms with Crippen LogP contribution in [0.3, 0.4) is 0 Å². The molecule has 3 rings (SSSR count). The summed E-state index contributed by atoms with van der Waals surface area (Å²) in [5.41, 5.74) is 5.85. The molecule has 1 aromatic heterocycles. The molecule has 0 radical (unpaired) electrons. The van der Waals surface area contributed by atoms with Gasteiger partial charge >= 0.3 is 6.03 Å². The number of hydrogen-bond donors (Lipinski definition) is 2. The Kier molecular flexibility index (Phi) is 5.22. The molecule has 1 atom stereocenters. The van der Waals surface area contributed by atoms with Crippen molar-refractivity contribution in [2.24, 2.45) is 0 Å². The summed E-state index contributed by atoms with van der Waals surface area (Å²) < 4.78 is 19.4. The minimum absolute atomic E-state index is 0.0519. The summed E-state index contributed by atoms with van der Waals surface area (Å²) in [6.45, 7) is 1.37. The van der Waals surface area contributed by atoms with Crippen molar-refractivity contribution < 1.29 is 13.9 Å². The monoisotopic (exact) mass is 359 g/mol. The lowest BCUT2D eigenvalue weighted by Crippen LogP contribution is -2.37. The number of likely N-dealkylation sites (N-methyl/N-ethyl adjacent to an activating group) is 1. The predicted octanol–water partition coefficient (Wildman–Crippen LogP) is 2.76. The van der Waals surface area contributed by atoms with Crippen molar-refractivity contribution in [2.45, 2.75) is 12.5 Å². The second-order valence-electron chi connectivity index (χ2n) is 6.45. The fourth-order valence-corrected chi connectivity index (χ4v) is 2.81. The minimum Gasteiger partial charge on any atom is -0.454 e. The second-order valence-corrected chi connectivity index (χ2v) is 6.45. The van der Waals surface area contributed by atoms with Crippen molar-refractivity contribution in [1.29, 1.82) is 0 Å². The molecule has 0 unspecified atom stereocenters. The molecule has 1 aliphatic rings. The van der Waals surface area contributed by atoms with E-state index in [1.165, 1.54) is 18.3 Å². The molecule has 1 aliphatic heterocycles. The fraction of sp³-hybridized carbons (Fsp3) is 0.333. The summed E-state index contributed by atoms with van der Waals surface area (Å²) in [4.78, 5) is 20.4. The van der Waals surface area contributed by atoms with Gasteiger partial charge in [-0.25, -0.2) is 14.2 Å². The van der Waals surface area contributed by atoms with E-state index in [-0.39, 0.29) is 11.8 Å². The number of rotatable bonds is 4. The summed E-state index contributed by atoms with van der Waals surface area (Å²) in [5.74, 6) is 0.207. The lowest BCUT2D eigenvalue weighted by molar-refractivity contribution is 0.216. The van der Waals surface area contributed by atoms with Crippen LogP contribution in [0.5, 0.6) is 11.5 Å². The first-order valence-corrected chi connectivity index (χ1v) is 8.33. The number of benzene rings is 1.